The summed E-state index contributed by atoms with van der Waals surface area (Å²) < 4.78 is 32.2. The van der Waals surface area contributed by atoms with Gasteiger partial charge in [-0.1, -0.05) is 11.5 Å². The molecule has 1 aromatic rings. The Bertz CT molecular complexity index is 549. The molecule has 1 heterocycles. The van der Waals surface area contributed by atoms with Crippen LogP contribution < -0.4 is 5.46 Å². The van der Waals surface area contributed by atoms with Crippen molar-refractivity contribution in [1.82, 2.24) is 4.31 Å². The molecule has 1 aromatic carbocycles. The number of aryl methyl sites for hydroxylation is 1. The molecule has 1 aliphatic rings. The number of nitrogens with zero attached hydrogens (tertiary/aromatic N) is 1. The molecule has 0 saturated carbocycles. The molecule has 4 nitrogen and oxygen atoms in total. The van der Waals surface area contributed by atoms with Crippen LogP contribution in [0.1, 0.15) is 5.56 Å². The van der Waals surface area contributed by atoms with Crippen molar-refractivity contribution >= 4 is 45.9 Å². The minimum atomic E-state index is -3.55. The number of hydrogen-bond donors (Lipinski definition) is 0. The smallest absolute Gasteiger partial charge is 0.242 e. The SMILES string of the molecule is [B]c1cc(I)cc(C)c1S(=O)(=O)N(C)C[C@H]1CO1. The molecule has 18 heavy (non-hydrogen) atoms. The first kappa shape index (κ1) is 14.3. The molecule has 0 bridgehead atoms. The predicted octanol–water partition coefficient (Wildman–Crippen LogP) is 0.413. The number of likely N-dealkylation sites (N-methyl/N-ethyl adjacent to an activating group) is 1. The van der Waals surface area contributed by atoms with Gasteiger partial charge in [-0.05, 0) is 41.1 Å². The Morgan fingerprint density at radius 2 is 2.17 bits per heavy atom. The Balaban J connectivity index is 2.39. The molecule has 7 heteroatoms. The Hall–Kier alpha value is -0.115. The van der Waals surface area contributed by atoms with Gasteiger partial charge in [-0.15, -0.1) is 0 Å². The molecular weight excluding hydrogens is 364 g/mol. The molecule has 1 saturated heterocycles. The van der Waals surface area contributed by atoms with Gasteiger partial charge in [0.1, 0.15) is 7.85 Å². The quantitative estimate of drug-likeness (QED) is 0.434. The van der Waals surface area contributed by atoms with Gasteiger partial charge >= 0.3 is 0 Å². The lowest BCUT2D eigenvalue weighted by Crippen LogP contribution is -2.34. The van der Waals surface area contributed by atoms with E-state index < -0.39 is 10.0 Å². The van der Waals surface area contributed by atoms with Crippen LogP contribution in [0.5, 0.6) is 0 Å². The summed E-state index contributed by atoms with van der Waals surface area (Å²) in [7, 11) is 3.85. The summed E-state index contributed by atoms with van der Waals surface area (Å²) in [4.78, 5) is 0.200. The highest BCUT2D eigenvalue weighted by molar-refractivity contribution is 14.1. The largest absolute Gasteiger partial charge is 0.372 e. The van der Waals surface area contributed by atoms with Gasteiger partial charge in [0, 0.05) is 17.2 Å². The van der Waals surface area contributed by atoms with Gasteiger partial charge in [-0.25, -0.2) is 8.42 Å². The zero-order valence-electron chi connectivity index (χ0n) is 10.2. The van der Waals surface area contributed by atoms with Gasteiger partial charge < -0.3 is 4.74 Å². The van der Waals surface area contributed by atoms with Crippen LogP contribution in [0.2, 0.25) is 0 Å². The van der Waals surface area contributed by atoms with Crippen LogP contribution in [0.15, 0.2) is 17.0 Å². The molecule has 0 amide bonds. The second-order valence-electron chi connectivity index (χ2n) is 4.38. The Morgan fingerprint density at radius 3 is 2.67 bits per heavy atom. The maximum atomic E-state index is 12.4. The van der Waals surface area contributed by atoms with Crippen molar-refractivity contribution in [2.45, 2.75) is 17.9 Å². The summed E-state index contributed by atoms with van der Waals surface area (Å²) in [5.41, 5.74) is 0.964. The summed E-state index contributed by atoms with van der Waals surface area (Å²) in [5, 5.41) is 0. The monoisotopic (exact) mass is 377 g/mol. The first-order valence-electron chi connectivity index (χ1n) is 5.46. The maximum absolute atomic E-state index is 12.4. The van der Waals surface area contributed by atoms with E-state index in [-0.39, 0.29) is 11.0 Å². The van der Waals surface area contributed by atoms with Crippen LogP contribution in [0, 0.1) is 10.5 Å². The van der Waals surface area contributed by atoms with E-state index in [2.05, 4.69) is 22.6 Å². The van der Waals surface area contributed by atoms with E-state index >= 15 is 0 Å². The molecule has 1 aliphatic heterocycles. The van der Waals surface area contributed by atoms with Crippen molar-refractivity contribution in [1.29, 1.82) is 0 Å². The van der Waals surface area contributed by atoms with E-state index in [0.29, 0.717) is 24.2 Å². The zero-order chi connectivity index (χ0) is 13.5. The Labute approximate surface area is 122 Å². The first-order chi connectivity index (χ1) is 8.32. The van der Waals surface area contributed by atoms with Gasteiger partial charge in [0.15, 0.2) is 0 Å². The normalized spacial score (nSPS) is 19.2. The second-order valence-corrected chi connectivity index (χ2v) is 7.61. The summed E-state index contributed by atoms with van der Waals surface area (Å²) in [6.07, 6.45) is 0.0233. The average molecular weight is 377 g/mol. The molecule has 0 aromatic heterocycles. The average Bonchev–Trinajstić information content (AvgIpc) is 2.98. The molecule has 96 valence electrons. The van der Waals surface area contributed by atoms with E-state index in [1.807, 2.05) is 6.07 Å². The standard InChI is InChI=1S/C11H13BINO3S/c1-7-3-8(13)4-10(12)11(7)18(15,16)14(2)5-9-6-17-9/h3-4,9H,5-6H2,1-2H3/t9-/m0/s1. The van der Waals surface area contributed by atoms with Crippen molar-refractivity contribution in [3.8, 4) is 0 Å². The van der Waals surface area contributed by atoms with Gasteiger partial charge in [0.25, 0.3) is 0 Å². The molecule has 2 radical (unpaired) electrons. The number of benzene rings is 1. The Kier molecular flexibility index (Phi) is 4.06. The molecule has 0 N–H and O–H groups in total. The third-order valence-corrected chi connectivity index (χ3v) is 5.47. The summed E-state index contributed by atoms with van der Waals surface area (Å²) >= 11 is 2.11. The molecule has 2 rings (SSSR count). The van der Waals surface area contributed by atoms with Gasteiger partial charge in [0.05, 0.1) is 17.6 Å². The van der Waals surface area contributed by atoms with E-state index in [9.17, 15) is 8.42 Å². The molecule has 0 aliphatic carbocycles. The van der Waals surface area contributed by atoms with E-state index in [4.69, 9.17) is 12.6 Å². The molecule has 0 unspecified atom stereocenters. The molecule has 1 atom stereocenters. The highest BCUT2D eigenvalue weighted by Crippen LogP contribution is 2.21. The molecule has 0 spiro atoms. The number of halogens is 1. The van der Waals surface area contributed by atoms with E-state index in [1.54, 1.807) is 20.0 Å². The van der Waals surface area contributed by atoms with Crippen molar-refractivity contribution in [3.05, 3.63) is 21.3 Å². The third kappa shape index (κ3) is 2.89. The second kappa shape index (κ2) is 5.11. The summed E-state index contributed by atoms with van der Waals surface area (Å²) in [6.45, 7) is 2.75. The number of ether oxygens (including phenoxy) is 1. The topological polar surface area (TPSA) is 49.9 Å². The minimum absolute atomic E-state index is 0.0233. The maximum Gasteiger partial charge on any atom is 0.242 e. The molecule has 1 fully saturated rings. The highest BCUT2D eigenvalue weighted by atomic mass is 127. The van der Waals surface area contributed by atoms with E-state index in [1.165, 1.54) is 4.31 Å². The number of epoxide rings is 1. The van der Waals surface area contributed by atoms with Crippen molar-refractivity contribution < 1.29 is 13.2 Å². The van der Waals surface area contributed by atoms with Crippen molar-refractivity contribution in [2.24, 2.45) is 0 Å². The number of hydrogen-bond acceptors (Lipinski definition) is 3. The van der Waals surface area contributed by atoms with Gasteiger partial charge in [-0.2, -0.15) is 4.31 Å². The zero-order valence-corrected chi connectivity index (χ0v) is 13.2. The first-order valence-corrected chi connectivity index (χ1v) is 7.98. The van der Waals surface area contributed by atoms with Crippen molar-refractivity contribution in [2.75, 3.05) is 20.2 Å². The van der Waals surface area contributed by atoms with Crippen LogP contribution in [0.25, 0.3) is 0 Å². The predicted molar refractivity (Wildman–Crippen MR) is 78.8 cm³/mol. The fraction of sp³-hybridized carbons (Fsp3) is 0.455. The summed E-state index contributed by atoms with van der Waals surface area (Å²) in [6, 6.07) is 3.48. The molecular formula is C11H13BINO3S. The van der Waals surface area contributed by atoms with Gasteiger partial charge in [0.2, 0.25) is 10.0 Å². The fourth-order valence-electron chi connectivity index (χ4n) is 1.82. The van der Waals surface area contributed by atoms with Crippen LogP contribution in [0.3, 0.4) is 0 Å². The number of rotatable bonds is 4. The van der Waals surface area contributed by atoms with Crippen molar-refractivity contribution in [3.63, 3.8) is 0 Å². The summed E-state index contributed by atoms with van der Waals surface area (Å²) in [5.74, 6) is 0. The van der Waals surface area contributed by atoms with Crippen LogP contribution in [0.4, 0.5) is 0 Å². The minimum Gasteiger partial charge on any atom is -0.372 e. The van der Waals surface area contributed by atoms with Crippen LogP contribution in [-0.2, 0) is 14.8 Å². The lowest BCUT2D eigenvalue weighted by Gasteiger charge is -2.19. The van der Waals surface area contributed by atoms with Gasteiger partial charge in [-0.3, -0.25) is 0 Å². The number of sulfonamides is 1. The highest BCUT2D eigenvalue weighted by Gasteiger charge is 2.31. The lowest BCUT2D eigenvalue weighted by atomic mass is 9.94. The third-order valence-electron chi connectivity index (χ3n) is 2.80. The lowest BCUT2D eigenvalue weighted by molar-refractivity contribution is 0.359. The van der Waals surface area contributed by atoms with Crippen LogP contribution >= 0.6 is 22.6 Å². The Morgan fingerprint density at radius 1 is 1.56 bits per heavy atom. The van der Waals surface area contributed by atoms with Crippen LogP contribution in [-0.4, -0.2) is 46.9 Å². The fourth-order valence-corrected chi connectivity index (χ4v) is 4.12. The van der Waals surface area contributed by atoms with E-state index in [0.717, 1.165) is 3.57 Å².